The average Bonchev–Trinajstić information content (AvgIpc) is 3.26. The summed E-state index contributed by atoms with van der Waals surface area (Å²) in [6.45, 7) is 8.58. The Hall–Kier alpha value is -4.57. The molecular formula is C37H37ClF5N5O5S. The Morgan fingerprint density at radius 3 is 2.30 bits per heavy atom. The molecule has 10 nitrogen and oxygen atoms in total. The van der Waals surface area contributed by atoms with Gasteiger partial charge in [0.2, 0.25) is 0 Å². The Morgan fingerprint density at radius 2 is 1.67 bits per heavy atom. The Bertz CT molecular complexity index is 2150. The van der Waals surface area contributed by atoms with Crippen LogP contribution in [0.4, 0.5) is 37.4 Å². The standard InChI is InChI=1S/C37H37ClF5N5O5S/c1-19-14-46(15-20(2)48(19)35(51)53-36(3,4)5)32-24-11-25(37(41,42)43)29(23-12-26(38)28(40)13-27(23)39)31-30(24)47(33(49)45-32)16-22(18-54-31)44-34(50)52-17-21-9-7-6-8-10-21/h6-13,19-20,22H,14-18H2,1-5H3,(H,44,50)/t19-,20+,22-/m0/s1. The van der Waals surface area contributed by atoms with E-state index in [0.717, 1.165) is 28.5 Å². The molecular weight excluding hydrogens is 757 g/mol. The molecule has 1 N–H and O–H groups in total. The summed E-state index contributed by atoms with van der Waals surface area (Å²) in [7, 11) is 0. The number of halogens is 6. The highest BCUT2D eigenvalue weighted by atomic mass is 35.5. The molecule has 6 rings (SSSR count). The van der Waals surface area contributed by atoms with Gasteiger partial charge in [0.25, 0.3) is 0 Å². The number of rotatable bonds is 5. The molecule has 288 valence electrons. The lowest BCUT2D eigenvalue weighted by molar-refractivity contribution is -0.137. The quantitative estimate of drug-likeness (QED) is 0.159. The van der Waals surface area contributed by atoms with Crippen molar-refractivity contribution in [1.29, 1.82) is 0 Å². The SMILES string of the molecule is C[C@@H]1CN(c2nc(=O)n3c4c(c(-c5cc(Cl)c(F)cc5F)c(C(F)(F)F)cc24)SC[C@@H](NC(=O)OCc2ccccc2)C3)C[C@H](C)N1C(=O)OC(C)(C)C. The number of carbonyl (C=O) groups is 2. The first-order valence-electron chi connectivity index (χ1n) is 17.0. The maximum absolute atomic E-state index is 15.6. The van der Waals surface area contributed by atoms with Gasteiger partial charge in [-0.3, -0.25) is 9.47 Å². The second-order valence-corrected chi connectivity index (χ2v) is 15.7. The van der Waals surface area contributed by atoms with Gasteiger partial charge in [-0.1, -0.05) is 41.9 Å². The molecule has 0 bridgehead atoms. The number of nitrogens with one attached hydrogen (secondary N) is 1. The number of alkyl halides is 3. The molecule has 4 aromatic rings. The fraction of sp³-hybridized carbons (Fsp3) is 0.405. The number of thioether (sulfide) groups is 1. The van der Waals surface area contributed by atoms with E-state index in [4.69, 9.17) is 21.1 Å². The van der Waals surface area contributed by atoms with Crippen LogP contribution in [0, 0.1) is 11.6 Å². The number of carbonyl (C=O) groups excluding carboxylic acids is 2. The molecule has 3 heterocycles. The van der Waals surface area contributed by atoms with Gasteiger partial charge >= 0.3 is 24.1 Å². The summed E-state index contributed by atoms with van der Waals surface area (Å²) in [6, 6.07) is 8.97. The normalized spacial score (nSPS) is 19.1. The minimum absolute atomic E-state index is 0.00896. The van der Waals surface area contributed by atoms with Crippen LogP contribution in [0.15, 0.2) is 58.2 Å². The van der Waals surface area contributed by atoms with E-state index in [1.165, 1.54) is 4.90 Å². The second-order valence-electron chi connectivity index (χ2n) is 14.3. The van der Waals surface area contributed by atoms with E-state index in [9.17, 15) is 18.8 Å². The van der Waals surface area contributed by atoms with E-state index in [1.807, 2.05) is 0 Å². The second kappa shape index (κ2) is 14.9. The number of nitrogens with zero attached hydrogens (tertiary/aromatic N) is 4. The number of benzene rings is 3. The van der Waals surface area contributed by atoms with Gasteiger partial charge < -0.3 is 19.7 Å². The fourth-order valence-electron chi connectivity index (χ4n) is 6.80. The molecule has 2 amide bonds. The zero-order valence-electron chi connectivity index (χ0n) is 29.9. The fourth-order valence-corrected chi connectivity index (χ4v) is 8.24. The van der Waals surface area contributed by atoms with Crippen LogP contribution in [-0.2, 0) is 28.8 Å². The van der Waals surface area contributed by atoms with E-state index < -0.39 is 81.1 Å². The van der Waals surface area contributed by atoms with Crippen LogP contribution in [0.5, 0.6) is 0 Å². The van der Waals surface area contributed by atoms with Gasteiger partial charge in [-0.2, -0.15) is 18.2 Å². The average molecular weight is 794 g/mol. The Labute approximate surface area is 316 Å². The van der Waals surface area contributed by atoms with Crippen LogP contribution in [0.2, 0.25) is 5.02 Å². The third kappa shape index (κ3) is 8.09. The van der Waals surface area contributed by atoms with Crippen LogP contribution in [0.3, 0.4) is 0 Å². The van der Waals surface area contributed by atoms with Crippen LogP contribution in [0.1, 0.15) is 45.7 Å². The highest BCUT2D eigenvalue weighted by molar-refractivity contribution is 7.99. The number of alkyl carbamates (subject to hydrolysis) is 1. The number of hydrogen-bond donors (Lipinski definition) is 1. The van der Waals surface area contributed by atoms with Crippen molar-refractivity contribution >= 4 is 52.3 Å². The molecule has 3 atom stereocenters. The lowest BCUT2D eigenvalue weighted by Gasteiger charge is -2.45. The first kappa shape index (κ1) is 39.1. The lowest BCUT2D eigenvalue weighted by Crippen LogP contribution is -2.59. The number of amides is 2. The van der Waals surface area contributed by atoms with E-state index in [1.54, 1.807) is 69.9 Å². The monoisotopic (exact) mass is 793 g/mol. The summed E-state index contributed by atoms with van der Waals surface area (Å²) >= 11 is 6.86. The van der Waals surface area contributed by atoms with Crippen LogP contribution in [0.25, 0.3) is 22.0 Å². The predicted molar refractivity (Wildman–Crippen MR) is 195 cm³/mol. The van der Waals surface area contributed by atoms with E-state index in [2.05, 4.69) is 10.3 Å². The molecule has 0 spiro atoms. The predicted octanol–water partition coefficient (Wildman–Crippen LogP) is 8.25. The number of ether oxygens (including phenoxy) is 2. The summed E-state index contributed by atoms with van der Waals surface area (Å²) in [6.07, 6.45) is -6.47. The van der Waals surface area contributed by atoms with Crippen molar-refractivity contribution in [2.75, 3.05) is 23.7 Å². The van der Waals surface area contributed by atoms with E-state index >= 15 is 17.6 Å². The molecule has 2 aliphatic heterocycles. The van der Waals surface area contributed by atoms with Gasteiger partial charge in [0.05, 0.1) is 34.2 Å². The molecule has 1 aromatic heterocycles. The number of piperazine rings is 1. The largest absolute Gasteiger partial charge is 0.445 e. The summed E-state index contributed by atoms with van der Waals surface area (Å²) in [5.74, 6) is -2.61. The highest BCUT2D eigenvalue weighted by Gasteiger charge is 2.41. The van der Waals surface area contributed by atoms with E-state index in [-0.39, 0.29) is 53.6 Å². The minimum Gasteiger partial charge on any atom is -0.445 e. The lowest BCUT2D eigenvalue weighted by atomic mass is 9.95. The van der Waals surface area contributed by atoms with Gasteiger partial charge in [-0.15, -0.1) is 11.8 Å². The third-order valence-electron chi connectivity index (χ3n) is 8.97. The third-order valence-corrected chi connectivity index (χ3v) is 10.5. The minimum atomic E-state index is -5.08. The molecule has 1 fully saturated rings. The van der Waals surface area contributed by atoms with Gasteiger partial charge in [0.15, 0.2) is 0 Å². The summed E-state index contributed by atoms with van der Waals surface area (Å²) in [4.78, 5) is 47.4. The number of aromatic nitrogens is 2. The zero-order valence-corrected chi connectivity index (χ0v) is 31.5. The molecule has 0 aliphatic carbocycles. The number of anilines is 1. The van der Waals surface area contributed by atoms with Gasteiger partial charge in [-0.05, 0) is 52.3 Å². The Balaban J connectivity index is 1.49. The molecule has 0 unspecified atom stereocenters. The Kier molecular flexibility index (Phi) is 10.8. The van der Waals surface area contributed by atoms with Gasteiger partial charge in [-0.25, -0.2) is 23.2 Å². The first-order valence-corrected chi connectivity index (χ1v) is 18.4. The molecule has 1 saturated heterocycles. The molecule has 54 heavy (non-hydrogen) atoms. The van der Waals surface area contributed by atoms with Crippen molar-refractivity contribution < 1.29 is 41.0 Å². The molecule has 2 aliphatic rings. The summed E-state index contributed by atoms with van der Waals surface area (Å²) < 4.78 is 87.5. The van der Waals surface area contributed by atoms with Crippen molar-refractivity contribution in [3.8, 4) is 11.1 Å². The van der Waals surface area contributed by atoms with Crippen LogP contribution in [-0.4, -0.2) is 69.2 Å². The smallest absolute Gasteiger partial charge is 0.417 e. The van der Waals surface area contributed by atoms with Crippen molar-refractivity contribution in [2.45, 2.75) is 82.6 Å². The summed E-state index contributed by atoms with van der Waals surface area (Å²) in [5, 5.41) is 2.01. The van der Waals surface area contributed by atoms with Crippen molar-refractivity contribution in [2.24, 2.45) is 0 Å². The zero-order chi connectivity index (χ0) is 39.3. The highest BCUT2D eigenvalue weighted by Crippen LogP contribution is 2.49. The molecule has 0 radical (unpaired) electrons. The summed E-state index contributed by atoms with van der Waals surface area (Å²) in [5.41, 5.74) is -3.44. The van der Waals surface area contributed by atoms with Gasteiger partial charge in [0.1, 0.15) is 29.7 Å². The molecule has 17 heteroatoms. The van der Waals surface area contributed by atoms with Crippen molar-refractivity contribution in [3.05, 3.63) is 86.8 Å². The Morgan fingerprint density at radius 1 is 1.00 bits per heavy atom. The van der Waals surface area contributed by atoms with Gasteiger partial charge in [0, 0.05) is 52.9 Å². The number of hydrogen-bond acceptors (Lipinski definition) is 8. The van der Waals surface area contributed by atoms with Crippen LogP contribution < -0.4 is 15.9 Å². The first-order chi connectivity index (χ1) is 25.3. The van der Waals surface area contributed by atoms with E-state index in [0.29, 0.717) is 11.6 Å². The van der Waals surface area contributed by atoms with Crippen molar-refractivity contribution in [1.82, 2.24) is 19.8 Å². The maximum atomic E-state index is 15.6. The van der Waals surface area contributed by atoms with Crippen LogP contribution >= 0.6 is 23.4 Å². The molecule has 0 saturated carbocycles. The topological polar surface area (TPSA) is 106 Å². The van der Waals surface area contributed by atoms with Crippen molar-refractivity contribution in [3.63, 3.8) is 0 Å². The maximum Gasteiger partial charge on any atom is 0.417 e. The molecule has 3 aromatic carbocycles.